The molecule has 74 valence electrons. The lowest BCUT2D eigenvalue weighted by Gasteiger charge is -2.08. The largest absolute Gasteiger partial charge is 0.345 e. The lowest BCUT2D eigenvalue weighted by Crippen LogP contribution is -1.97. The zero-order valence-electron chi connectivity index (χ0n) is 8.99. The maximum atomic E-state index is 4.18. The Labute approximate surface area is 84.6 Å². The minimum atomic E-state index is 0.514. The summed E-state index contributed by atoms with van der Waals surface area (Å²) in [4.78, 5) is 4.18. The molecule has 0 atom stereocenters. The van der Waals surface area contributed by atoms with Gasteiger partial charge < -0.3 is 4.57 Å². The summed E-state index contributed by atoms with van der Waals surface area (Å²) in [7, 11) is 0. The van der Waals surface area contributed by atoms with Gasteiger partial charge in [0.25, 0.3) is 0 Å². The van der Waals surface area contributed by atoms with Crippen molar-refractivity contribution in [3.63, 3.8) is 0 Å². The van der Waals surface area contributed by atoms with E-state index in [1.54, 1.807) is 0 Å². The molecule has 0 aliphatic rings. The number of pyridine rings is 1. The molecular weight excluding hydrogens is 172 g/mol. The van der Waals surface area contributed by atoms with Gasteiger partial charge in [-0.15, -0.1) is 0 Å². The zero-order valence-corrected chi connectivity index (χ0v) is 8.99. The van der Waals surface area contributed by atoms with E-state index in [1.165, 1.54) is 16.5 Å². The highest BCUT2D eigenvalue weighted by atomic mass is 15.0. The van der Waals surface area contributed by atoms with E-state index in [0.29, 0.717) is 6.04 Å². The Morgan fingerprint density at radius 3 is 2.86 bits per heavy atom. The molecule has 0 radical (unpaired) electrons. The van der Waals surface area contributed by atoms with E-state index >= 15 is 0 Å². The molecule has 0 bridgehead atoms. The molecule has 2 nitrogen and oxygen atoms in total. The van der Waals surface area contributed by atoms with Crippen molar-refractivity contribution in [2.24, 2.45) is 0 Å². The van der Waals surface area contributed by atoms with Crippen LogP contribution in [0.4, 0.5) is 0 Å². The molecule has 0 aliphatic heterocycles. The molecule has 0 fully saturated rings. The van der Waals surface area contributed by atoms with E-state index < -0.39 is 0 Å². The lowest BCUT2D eigenvalue weighted by atomic mass is 10.2. The molecule has 0 saturated heterocycles. The van der Waals surface area contributed by atoms with Crippen LogP contribution in [0.1, 0.15) is 32.4 Å². The SMILES string of the molecule is CCc1cn(C(C)C)c2ccncc12. The highest BCUT2D eigenvalue weighted by molar-refractivity contribution is 5.83. The third-order valence-electron chi connectivity index (χ3n) is 2.65. The second kappa shape index (κ2) is 3.45. The molecule has 2 aromatic rings. The maximum Gasteiger partial charge on any atom is 0.0516 e. The van der Waals surface area contributed by atoms with Crippen LogP contribution in [0.2, 0.25) is 0 Å². The fourth-order valence-electron chi connectivity index (χ4n) is 1.88. The first-order valence-electron chi connectivity index (χ1n) is 5.17. The van der Waals surface area contributed by atoms with E-state index in [4.69, 9.17) is 0 Å². The Morgan fingerprint density at radius 1 is 1.43 bits per heavy atom. The van der Waals surface area contributed by atoms with Crippen LogP contribution in [0.15, 0.2) is 24.7 Å². The normalized spacial score (nSPS) is 11.4. The predicted octanol–water partition coefficient (Wildman–Crippen LogP) is 3.18. The van der Waals surface area contributed by atoms with Gasteiger partial charge in [-0.2, -0.15) is 0 Å². The molecule has 2 rings (SSSR count). The van der Waals surface area contributed by atoms with Crippen LogP contribution in [0.25, 0.3) is 10.9 Å². The summed E-state index contributed by atoms with van der Waals surface area (Å²) in [5.74, 6) is 0. The minimum absolute atomic E-state index is 0.514. The number of aryl methyl sites for hydroxylation is 1. The van der Waals surface area contributed by atoms with Gasteiger partial charge in [0.05, 0.1) is 5.52 Å². The quantitative estimate of drug-likeness (QED) is 0.707. The Kier molecular flexibility index (Phi) is 2.28. The summed E-state index contributed by atoms with van der Waals surface area (Å²) in [6.07, 6.45) is 7.15. The Morgan fingerprint density at radius 2 is 2.21 bits per heavy atom. The van der Waals surface area contributed by atoms with Crippen molar-refractivity contribution in [2.75, 3.05) is 0 Å². The van der Waals surface area contributed by atoms with Gasteiger partial charge in [-0.05, 0) is 31.9 Å². The van der Waals surface area contributed by atoms with Crippen LogP contribution in [0.5, 0.6) is 0 Å². The molecule has 0 aliphatic carbocycles. The fourth-order valence-corrected chi connectivity index (χ4v) is 1.88. The smallest absolute Gasteiger partial charge is 0.0516 e. The summed E-state index contributed by atoms with van der Waals surface area (Å²) in [5.41, 5.74) is 2.69. The number of fused-ring (bicyclic) bond motifs is 1. The molecule has 2 heterocycles. The topological polar surface area (TPSA) is 17.8 Å². The number of hydrogen-bond acceptors (Lipinski definition) is 1. The standard InChI is InChI=1S/C12H16N2/c1-4-10-8-14(9(2)3)12-5-6-13-7-11(10)12/h5-9H,4H2,1-3H3. The van der Waals surface area contributed by atoms with Crippen molar-refractivity contribution in [1.29, 1.82) is 0 Å². The van der Waals surface area contributed by atoms with Gasteiger partial charge >= 0.3 is 0 Å². The average molecular weight is 188 g/mol. The molecule has 2 heteroatoms. The van der Waals surface area contributed by atoms with E-state index in [-0.39, 0.29) is 0 Å². The van der Waals surface area contributed by atoms with Crippen LogP contribution in [0.3, 0.4) is 0 Å². The van der Waals surface area contributed by atoms with Gasteiger partial charge in [0.15, 0.2) is 0 Å². The van der Waals surface area contributed by atoms with Crippen LogP contribution in [-0.4, -0.2) is 9.55 Å². The highest BCUT2D eigenvalue weighted by Gasteiger charge is 2.08. The number of rotatable bonds is 2. The fraction of sp³-hybridized carbons (Fsp3) is 0.417. The molecule has 0 unspecified atom stereocenters. The van der Waals surface area contributed by atoms with E-state index in [9.17, 15) is 0 Å². The molecule has 0 aromatic carbocycles. The molecule has 2 aromatic heterocycles. The molecule has 0 saturated carbocycles. The third-order valence-corrected chi connectivity index (χ3v) is 2.65. The first-order valence-corrected chi connectivity index (χ1v) is 5.17. The predicted molar refractivity (Wildman–Crippen MR) is 59.5 cm³/mol. The van der Waals surface area contributed by atoms with Crippen LogP contribution < -0.4 is 0 Å². The van der Waals surface area contributed by atoms with Crippen molar-refractivity contribution in [2.45, 2.75) is 33.2 Å². The van der Waals surface area contributed by atoms with E-state index in [1.807, 2.05) is 12.4 Å². The van der Waals surface area contributed by atoms with Gasteiger partial charge in [-0.3, -0.25) is 4.98 Å². The monoisotopic (exact) mass is 188 g/mol. The summed E-state index contributed by atoms with van der Waals surface area (Å²) < 4.78 is 2.32. The Hall–Kier alpha value is -1.31. The van der Waals surface area contributed by atoms with Crippen LogP contribution >= 0.6 is 0 Å². The second-order valence-electron chi connectivity index (χ2n) is 3.90. The number of hydrogen-bond donors (Lipinski definition) is 0. The van der Waals surface area contributed by atoms with Crippen molar-refractivity contribution in [3.8, 4) is 0 Å². The number of nitrogens with zero attached hydrogens (tertiary/aromatic N) is 2. The first kappa shape index (κ1) is 9.25. The molecule has 0 amide bonds. The Balaban J connectivity index is 2.73. The van der Waals surface area contributed by atoms with Gasteiger partial charge in [0.1, 0.15) is 0 Å². The van der Waals surface area contributed by atoms with Crippen molar-refractivity contribution < 1.29 is 0 Å². The summed E-state index contributed by atoms with van der Waals surface area (Å²) >= 11 is 0. The van der Waals surface area contributed by atoms with Crippen molar-refractivity contribution in [1.82, 2.24) is 9.55 Å². The van der Waals surface area contributed by atoms with Crippen molar-refractivity contribution in [3.05, 3.63) is 30.2 Å². The third kappa shape index (κ3) is 1.31. The summed E-state index contributed by atoms with van der Waals surface area (Å²) in [6.45, 7) is 6.60. The van der Waals surface area contributed by atoms with Gasteiger partial charge in [0, 0.05) is 30.0 Å². The van der Waals surface area contributed by atoms with E-state index in [2.05, 4.69) is 42.6 Å². The van der Waals surface area contributed by atoms with Crippen LogP contribution in [-0.2, 0) is 6.42 Å². The van der Waals surface area contributed by atoms with Gasteiger partial charge in [-0.1, -0.05) is 6.92 Å². The first-order chi connectivity index (χ1) is 6.74. The molecule has 0 spiro atoms. The molecule has 14 heavy (non-hydrogen) atoms. The van der Waals surface area contributed by atoms with Gasteiger partial charge in [0.2, 0.25) is 0 Å². The Bertz CT molecular complexity index is 441. The maximum absolute atomic E-state index is 4.18. The molecule has 0 N–H and O–H groups in total. The van der Waals surface area contributed by atoms with Crippen molar-refractivity contribution >= 4 is 10.9 Å². The van der Waals surface area contributed by atoms with Crippen LogP contribution in [0, 0.1) is 0 Å². The summed E-state index contributed by atoms with van der Waals surface area (Å²) in [5, 5.41) is 1.30. The van der Waals surface area contributed by atoms with E-state index in [0.717, 1.165) is 6.42 Å². The average Bonchev–Trinajstić information content (AvgIpc) is 2.56. The van der Waals surface area contributed by atoms with Gasteiger partial charge in [-0.25, -0.2) is 0 Å². The number of aromatic nitrogens is 2. The zero-order chi connectivity index (χ0) is 10.1. The molecular formula is C12H16N2. The lowest BCUT2D eigenvalue weighted by molar-refractivity contribution is 0.621. The summed E-state index contributed by atoms with van der Waals surface area (Å²) in [6, 6.07) is 2.61. The minimum Gasteiger partial charge on any atom is -0.345 e. The highest BCUT2D eigenvalue weighted by Crippen LogP contribution is 2.23. The second-order valence-corrected chi connectivity index (χ2v) is 3.90.